The molecule has 88 valence electrons. The van der Waals surface area contributed by atoms with Gasteiger partial charge in [0.25, 0.3) is 0 Å². The molecule has 2 rings (SSSR count). The van der Waals surface area contributed by atoms with Crippen LogP contribution < -0.4 is 11.1 Å². The zero-order chi connectivity index (χ0) is 11.4. The molecule has 0 amide bonds. The van der Waals surface area contributed by atoms with E-state index >= 15 is 0 Å². The third kappa shape index (κ3) is 3.27. The van der Waals surface area contributed by atoms with Gasteiger partial charge in [0.1, 0.15) is 4.60 Å². The molecule has 1 aliphatic carbocycles. The second-order valence-corrected chi connectivity index (χ2v) is 5.24. The average Bonchev–Trinajstić information content (AvgIpc) is 2.30. The molecule has 3 nitrogen and oxygen atoms in total. The number of nitrogens with zero attached hydrogens (tertiary/aromatic N) is 1. The van der Waals surface area contributed by atoms with Crippen LogP contribution in [0.4, 0.5) is 0 Å². The summed E-state index contributed by atoms with van der Waals surface area (Å²) in [6.45, 7) is 0.860. The molecule has 2 atom stereocenters. The summed E-state index contributed by atoms with van der Waals surface area (Å²) in [4.78, 5) is 4.21. The van der Waals surface area contributed by atoms with E-state index < -0.39 is 0 Å². The second kappa shape index (κ2) is 5.75. The van der Waals surface area contributed by atoms with Crippen molar-refractivity contribution in [3.8, 4) is 0 Å². The van der Waals surface area contributed by atoms with Crippen LogP contribution in [0.15, 0.2) is 22.9 Å². The van der Waals surface area contributed by atoms with E-state index in [0.29, 0.717) is 12.1 Å². The Labute approximate surface area is 105 Å². The van der Waals surface area contributed by atoms with Gasteiger partial charge < -0.3 is 11.1 Å². The van der Waals surface area contributed by atoms with Crippen molar-refractivity contribution in [2.24, 2.45) is 5.73 Å². The van der Waals surface area contributed by atoms with Crippen LogP contribution in [0, 0.1) is 0 Å². The topological polar surface area (TPSA) is 50.9 Å². The first kappa shape index (κ1) is 12.0. The highest BCUT2D eigenvalue weighted by atomic mass is 79.9. The molecule has 4 heteroatoms. The molecular weight excluding hydrogens is 266 g/mol. The van der Waals surface area contributed by atoms with E-state index in [1.54, 1.807) is 0 Å². The molecule has 1 heterocycles. The SMILES string of the molecule is NC1CCCCC1NCc1ccc(Br)nc1. The molecule has 2 unspecified atom stereocenters. The first-order valence-electron chi connectivity index (χ1n) is 5.85. The number of nitrogens with one attached hydrogen (secondary N) is 1. The van der Waals surface area contributed by atoms with E-state index in [1.807, 2.05) is 12.3 Å². The van der Waals surface area contributed by atoms with Gasteiger partial charge in [0.05, 0.1) is 0 Å². The van der Waals surface area contributed by atoms with Gasteiger partial charge in [0.15, 0.2) is 0 Å². The molecule has 0 spiro atoms. The highest BCUT2D eigenvalue weighted by molar-refractivity contribution is 9.10. The average molecular weight is 284 g/mol. The second-order valence-electron chi connectivity index (χ2n) is 4.42. The summed E-state index contributed by atoms with van der Waals surface area (Å²) in [7, 11) is 0. The predicted molar refractivity (Wildman–Crippen MR) is 69.0 cm³/mol. The molecule has 1 fully saturated rings. The number of nitrogens with two attached hydrogens (primary N) is 1. The molecule has 1 aromatic rings. The van der Waals surface area contributed by atoms with E-state index in [9.17, 15) is 0 Å². The van der Waals surface area contributed by atoms with Crippen molar-refractivity contribution >= 4 is 15.9 Å². The fraction of sp³-hybridized carbons (Fsp3) is 0.583. The lowest BCUT2D eigenvalue weighted by atomic mass is 9.91. The molecule has 0 aromatic carbocycles. The third-order valence-electron chi connectivity index (χ3n) is 3.18. The number of halogens is 1. The number of hydrogen-bond acceptors (Lipinski definition) is 3. The van der Waals surface area contributed by atoms with Crippen molar-refractivity contribution in [2.75, 3.05) is 0 Å². The minimum Gasteiger partial charge on any atom is -0.326 e. The summed E-state index contributed by atoms with van der Waals surface area (Å²) >= 11 is 3.33. The molecule has 1 saturated carbocycles. The molecule has 3 N–H and O–H groups in total. The zero-order valence-electron chi connectivity index (χ0n) is 9.32. The number of pyridine rings is 1. The first-order chi connectivity index (χ1) is 7.75. The van der Waals surface area contributed by atoms with E-state index in [2.05, 4.69) is 32.3 Å². The van der Waals surface area contributed by atoms with Crippen LogP contribution in [-0.2, 0) is 6.54 Å². The number of hydrogen-bond donors (Lipinski definition) is 2. The van der Waals surface area contributed by atoms with Gasteiger partial charge in [0.2, 0.25) is 0 Å². The Morgan fingerprint density at radius 1 is 1.38 bits per heavy atom. The summed E-state index contributed by atoms with van der Waals surface area (Å²) in [5, 5.41) is 3.53. The van der Waals surface area contributed by atoms with Gasteiger partial charge in [0, 0.05) is 24.8 Å². The van der Waals surface area contributed by atoms with Gasteiger partial charge in [-0.15, -0.1) is 0 Å². The molecular formula is C12H18BrN3. The van der Waals surface area contributed by atoms with Crippen molar-refractivity contribution in [2.45, 2.75) is 44.3 Å². The Hall–Kier alpha value is -0.450. The Morgan fingerprint density at radius 2 is 2.19 bits per heavy atom. The lowest BCUT2D eigenvalue weighted by Crippen LogP contribution is -2.46. The van der Waals surface area contributed by atoms with Gasteiger partial charge in [-0.3, -0.25) is 0 Å². The summed E-state index contributed by atoms with van der Waals surface area (Å²) in [6, 6.07) is 4.84. The van der Waals surface area contributed by atoms with Gasteiger partial charge in [-0.1, -0.05) is 18.9 Å². The smallest absolute Gasteiger partial charge is 0.106 e. The third-order valence-corrected chi connectivity index (χ3v) is 3.65. The van der Waals surface area contributed by atoms with E-state index in [1.165, 1.54) is 24.8 Å². The highest BCUT2D eigenvalue weighted by Gasteiger charge is 2.20. The van der Waals surface area contributed by atoms with Gasteiger partial charge in [-0.25, -0.2) is 4.98 Å². The minimum absolute atomic E-state index is 0.317. The fourth-order valence-corrected chi connectivity index (χ4v) is 2.41. The monoisotopic (exact) mass is 283 g/mol. The molecule has 0 aliphatic heterocycles. The summed E-state index contributed by atoms with van der Waals surface area (Å²) in [6.07, 6.45) is 6.82. The van der Waals surface area contributed by atoms with Gasteiger partial charge in [-0.2, -0.15) is 0 Å². The minimum atomic E-state index is 0.317. The van der Waals surface area contributed by atoms with Crippen molar-refractivity contribution < 1.29 is 0 Å². The summed E-state index contributed by atoms with van der Waals surface area (Å²) in [5.74, 6) is 0. The maximum Gasteiger partial charge on any atom is 0.106 e. The van der Waals surface area contributed by atoms with Gasteiger partial charge in [-0.05, 0) is 40.4 Å². The number of aromatic nitrogens is 1. The Bertz CT molecular complexity index is 326. The van der Waals surface area contributed by atoms with E-state index in [4.69, 9.17) is 5.73 Å². The van der Waals surface area contributed by atoms with Crippen molar-refractivity contribution in [3.05, 3.63) is 28.5 Å². The van der Waals surface area contributed by atoms with Crippen LogP contribution in [0.1, 0.15) is 31.2 Å². The maximum absolute atomic E-state index is 6.08. The molecule has 1 aromatic heterocycles. The van der Waals surface area contributed by atoms with E-state index in [0.717, 1.165) is 17.6 Å². The quantitative estimate of drug-likeness (QED) is 0.837. The standard InChI is InChI=1S/C12H18BrN3/c13-12-6-5-9(8-16-12)7-15-11-4-2-1-3-10(11)14/h5-6,8,10-11,15H,1-4,7,14H2. The molecule has 0 saturated heterocycles. The molecule has 0 radical (unpaired) electrons. The van der Waals surface area contributed by atoms with Crippen LogP contribution in [0.2, 0.25) is 0 Å². The lowest BCUT2D eigenvalue weighted by Gasteiger charge is -2.29. The van der Waals surface area contributed by atoms with Crippen molar-refractivity contribution in [1.29, 1.82) is 0 Å². The molecule has 0 bridgehead atoms. The van der Waals surface area contributed by atoms with Crippen LogP contribution in [0.5, 0.6) is 0 Å². The fourth-order valence-electron chi connectivity index (χ4n) is 2.17. The normalized spacial score (nSPS) is 25.6. The van der Waals surface area contributed by atoms with Gasteiger partial charge >= 0.3 is 0 Å². The van der Waals surface area contributed by atoms with Crippen LogP contribution in [-0.4, -0.2) is 17.1 Å². The Morgan fingerprint density at radius 3 is 2.88 bits per heavy atom. The predicted octanol–water partition coefficient (Wildman–Crippen LogP) is 2.20. The van der Waals surface area contributed by atoms with Crippen LogP contribution in [0.3, 0.4) is 0 Å². The first-order valence-corrected chi connectivity index (χ1v) is 6.64. The zero-order valence-corrected chi connectivity index (χ0v) is 10.9. The summed E-state index contributed by atoms with van der Waals surface area (Å²) in [5.41, 5.74) is 7.29. The summed E-state index contributed by atoms with van der Waals surface area (Å²) < 4.78 is 0.880. The van der Waals surface area contributed by atoms with E-state index in [-0.39, 0.29) is 0 Å². The Balaban J connectivity index is 1.84. The maximum atomic E-state index is 6.08. The lowest BCUT2D eigenvalue weighted by molar-refractivity contribution is 0.326. The largest absolute Gasteiger partial charge is 0.326 e. The molecule has 1 aliphatic rings. The Kier molecular flexibility index (Phi) is 4.32. The van der Waals surface area contributed by atoms with Crippen LogP contribution >= 0.6 is 15.9 Å². The number of rotatable bonds is 3. The highest BCUT2D eigenvalue weighted by Crippen LogP contribution is 2.17. The van der Waals surface area contributed by atoms with Crippen molar-refractivity contribution in [1.82, 2.24) is 10.3 Å². The van der Waals surface area contributed by atoms with Crippen molar-refractivity contribution in [3.63, 3.8) is 0 Å². The van der Waals surface area contributed by atoms with Crippen LogP contribution in [0.25, 0.3) is 0 Å². The molecule has 16 heavy (non-hydrogen) atoms.